The number of rotatable bonds is 5. The highest BCUT2D eigenvalue weighted by molar-refractivity contribution is 5.98. The van der Waals surface area contributed by atoms with Crippen molar-refractivity contribution < 1.29 is 14.3 Å². The molecule has 0 saturated carbocycles. The van der Waals surface area contributed by atoms with E-state index in [4.69, 9.17) is 4.74 Å². The SMILES string of the molecule is Cc1nn(-c2ccccc2)c(C)c1NC(=O)COC(=O)c1ccc2[nH]c(C)c(C)c2c1. The van der Waals surface area contributed by atoms with Gasteiger partial charge in [0.15, 0.2) is 6.61 Å². The van der Waals surface area contributed by atoms with Crippen LogP contribution in [0.2, 0.25) is 0 Å². The summed E-state index contributed by atoms with van der Waals surface area (Å²) in [6, 6.07) is 15.0. The number of benzene rings is 2. The molecule has 0 aliphatic carbocycles. The molecule has 0 spiro atoms. The number of para-hydroxylation sites is 1. The maximum atomic E-state index is 12.5. The Bertz CT molecular complexity index is 1290. The van der Waals surface area contributed by atoms with E-state index in [1.807, 2.05) is 64.1 Å². The molecule has 2 aromatic heterocycles. The van der Waals surface area contributed by atoms with Gasteiger partial charge in [0.2, 0.25) is 0 Å². The zero-order valence-corrected chi connectivity index (χ0v) is 17.9. The Morgan fingerprint density at radius 2 is 1.81 bits per heavy atom. The number of ether oxygens (including phenoxy) is 1. The average Bonchev–Trinajstić information content (AvgIpc) is 3.22. The van der Waals surface area contributed by atoms with Crippen LogP contribution in [0.25, 0.3) is 16.6 Å². The predicted octanol–water partition coefficient (Wildman–Crippen LogP) is 4.38. The number of nitrogens with one attached hydrogen (secondary N) is 2. The minimum absolute atomic E-state index is 0.378. The summed E-state index contributed by atoms with van der Waals surface area (Å²) in [6.07, 6.45) is 0. The standard InChI is InChI=1S/C24H24N4O3/c1-14-15(2)25-21-11-10-18(12-20(14)21)24(30)31-13-22(29)26-23-16(3)27-28(17(23)4)19-8-6-5-7-9-19/h5-12,25H,13H2,1-4H3,(H,26,29). The van der Waals surface area contributed by atoms with Gasteiger partial charge in [-0.2, -0.15) is 5.10 Å². The predicted molar refractivity (Wildman–Crippen MR) is 120 cm³/mol. The van der Waals surface area contributed by atoms with Crippen LogP contribution in [-0.4, -0.2) is 33.2 Å². The number of amides is 1. The molecule has 2 aromatic carbocycles. The first kappa shape index (κ1) is 20.4. The molecule has 0 unspecified atom stereocenters. The van der Waals surface area contributed by atoms with Crippen molar-refractivity contribution in [3.05, 3.63) is 76.7 Å². The second-order valence-electron chi connectivity index (χ2n) is 7.55. The number of H-pyrrole nitrogens is 1. The molecule has 0 fully saturated rings. The molecule has 158 valence electrons. The van der Waals surface area contributed by atoms with E-state index in [2.05, 4.69) is 15.4 Å². The largest absolute Gasteiger partial charge is 0.452 e. The smallest absolute Gasteiger partial charge is 0.338 e. The van der Waals surface area contributed by atoms with Gasteiger partial charge in [-0.1, -0.05) is 18.2 Å². The first-order valence-electron chi connectivity index (χ1n) is 10.0. The summed E-state index contributed by atoms with van der Waals surface area (Å²) in [7, 11) is 0. The van der Waals surface area contributed by atoms with E-state index in [1.165, 1.54) is 0 Å². The minimum Gasteiger partial charge on any atom is -0.452 e. The van der Waals surface area contributed by atoms with Crippen LogP contribution in [0.3, 0.4) is 0 Å². The van der Waals surface area contributed by atoms with Crippen LogP contribution in [-0.2, 0) is 9.53 Å². The van der Waals surface area contributed by atoms with Gasteiger partial charge in [0.1, 0.15) is 0 Å². The number of aromatic nitrogens is 3. The number of carbonyl (C=O) groups excluding carboxylic acids is 2. The molecule has 4 rings (SSSR count). The molecule has 31 heavy (non-hydrogen) atoms. The fraction of sp³-hybridized carbons (Fsp3) is 0.208. The van der Waals surface area contributed by atoms with Crippen molar-refractivity contribution in [1.82, 2.24) is 14.8 Å². The van der Waals surface area contributed by atoms with Crippen LogP contribution in [0, 0.1) is 27.7 Å². The Labute approximate surface area is 180 Å². The highest BCUT2D eigenvalue weighted by Crippen LogP contribution is 2.24. The summed E-state index contributed by atoms with van der Waals surface area (Å²) in [5.74, 6) is -0.953. The minimum atomic E-state index is -0.538. The van der Waals surface area contributed by atoms with Gasteiger partial charge in [-0.25, -0.2) is 9.48 Å². The van der Waals surface area contributed by atoms with Crippen molar-refractivity contribution in [3.8, 4) is 5.69 Å². The van der Waals surface area contributed by atoms with Crippen LogP contribution in [0.15, 0.2) is 48.5 Å². The summed E-state index contributed by atoms with van der Waals surface area (Å²) in [5, 5.41) is 8.29. The van der Waals surface area contributed by atoms with E-state index in [1.54, 1.807) is 16.8 Å². The molecule has 0 saturated heterocycles. The summed E-state index contributed by atoms with van der Waals surface area (Å²) >= 11 is 0. The third kappa shape index (κ3) is 3.94. The Hall–Kier alpha value is -3.87. The van der Waals surface area contributed by atoms with Gasteiger partial charge in [-0.15, -0.1) is 0 Å². The number of fused-ring (bicyclic) bond motifs is 1. The molecule has 7 heteroatoms. The van der Waals surface area contributed by atoms with Crippen molar-refractivity contribution in [2.75, 3.05) is 11.9 Å². The number of hydrogen-bond donors (Lipinski definition) is 2. The molecule has 0 aliphatic heterocycles. The number of anilines is 1. The Morgan fingerprint density at radius 3 is 2.55 bits per heavy atom. The summed E-state index contributed by atoms with van der Waals surface area (Å²) in [6.45, 7) is 7.31. The monoisotopic (exact) mass is 416 g/mol. The summed E-state index contributed by atoms with van der Waals surface area (Å²) in [4.78, 5) is 28.2. The molecule has 1 amide bonds. The number of aryl methyl sites for hydroxylation is 3. The van der Waals surface area contributed by atoms with Crippen LogP contribution >= 0.6 is 0 Å². The molecule has 0 aliphatic rings. The molecular formula is C24H24N4O3. The van der Waals surface area contributed by atoms with E-state index in [-0.39, 0.29) is 6.61 Å². The molecule has 0 bridgehead atoms. The number of hydrogen-bond acceptors (Lipinski definition) is 4. The summed E-state index contributed by atoms with van der Waals surface area (Å²) in [5.41, 5.74) is 6.52. The highest BCUT2D eigenvalue weighted by atomic mass is 16.5. The lowest BCUT2D eigenvalue weighted by molar-refractivity contribution is -0.119. The summed E-state index contributed by atoms with van der Waals surface area (Å²) < 4.78 is 7.01. The van der Waals surface area contributed by atoms with Gasteiger partial charge in [-0.05, 0) is 63.6 Å². The Morgan fingerprint density at radius 1 is 1.06 bits per heavy atom. The lowest BCUT2D eigenvalue weighted by Gasteiger charge is -2.08. The molecule has 0 radical (unpaired) electrons. The van der Waals surface area contributed by atoms with Gasteiger partial charge in [0, 0.05) is 16.6 Å². The average molecular weight is 416 g/mol. The quantitative estimate of drug-likeness (QED) is 0.473. The number of esters is 1. The normalized spacial score (nSPS) is 11.0. The fourth-order valence-corrected chi connectivity index (χ4v) is 3.62. The van der Waals surface area contributed by atoms with Crippen molar-refractivity contribution in [2.24, 2.45) is 0 Å². The van der Waals surface area contributed by atoms with Gasteiger partial charge >= 0.3 is 5.97 Å². The lowest BCUT2D eigenvalue weighted by atomic mass is 10.1. The molecule has 0 atom stereocenters. The molecule has 7 nitrogen and oxygen atoms in total. The van der Waals surface area contributed by atoms with Gasteiger partial charge in [-0.3, -0.25) is 4.79 Å². The topological polar surface area (TPSA) is 89.0 Å². The zero-order valence-electron chi connectivity index (χ0n) is 17.9. The Balaban J connectivity index is 1.43. The molecule has 2 heterocycles. The van der Waals surface area contributed by atoms with E-state index >= 15 is 0 Å². The van der Waals surface area contributed by atoms with E-state index < -0.39 is 11.9 Å². The van der Waals surface area contributed by atoms with E-state index in [0.717, 1.165) is 33.5 Å². The molecule has 2 N–H and O–H groups in total. The zero-order chi connectivity index (χ0) is 22.1. The third-order valence-corrected chi connectivity index (χ3v) is 5.43. The van der Waals surface area contributed by atoms with E-state index in [9.17, 15) is 9.59 Å². The van der Waals surface area contributed by atoms with Crippen molar-refractivity contribution in [1.29, 1.82) is 0 Å². The third-order valence-electron chi connectivity index (χ3n) is 5.43. The van der Waals surface area contributed by atoms with Crippen LogP contribution in [0.4, 0.5) is 5.69 Å². The van der Waals surface area contributed by atoms with Crippen molar-refractivity contribution >= 4 is 28.5 Å². The fourth-order valence-electron chi connectivity index (χ4n) is 3.62. The molecular weight excluding hydrogens is 392 g/mol. The van der Waals surface area contributed by atoms with Gasteiger partial charge in [0.25, 0.3) is 5.91 Å². The van der Waals surface area contributed by atoms with Crippen molar-refractivity contribution in [2.45, 2.75) is 27.7 Å². The number of carbonyl (C=O) groups is 2. The first-order chi connectivity index (χ1) is 14.8. The first-order valence-corrected chi connectivity index (χ1v) is 10.0. The lowest BCUT2D eigenvalue weighted by Crippen LogP contribution is -2.21. The number of nitrogens with zero attached hydrogens (tertiary/aromatic N) is 2. The highest BCUT2D eigenvalue weighted by Gasteiger charge is 2.17. The second-order valence-corrected chi connectivity index (χ2v) is 7.55. The second kappa shape index (κ2) is 8.10. The van der Waals surface area contributed by atoms with Crippen molar-refractivity contribution in [3.63, 3.8) is 0 Å². The maximum Gasteiger partial charge on any atom is 0.338 e. The number of aromatic amines is 1. The maximum absolute atomic E-state index is 12.5. The van der Waals surface area contributed by atoms with Gasteiger partial charge < -0.3 is 15.0 Å². The van der Waals surface area contributed by atoms with Gasteiger partial charge in [0.05, 0.1) is 28.3 Å². The van der Waals surface area contributed by atoms with Crippen LogP contribution < -0.4 is 5.32 Å². The molecule has 4 aromatic rings. The van der Waals surface area contributed by atoms with Crippen LogP contribution in [0.5, 0.6) is 0 Å². The van der Waals surface area contributed by atoms with Crippen LogP contribution in [0.1, 0.15) is 33.0 Å². The van der Waals surface area contributed by atoms with E-state index in [0.29, 0.717) is 16.9 Å². The Kier molecular flexibility index (Phi) is 5.33.